The zero-order valence-electron chi connectivity index (χ0n) is 10.9. The fraction of sp³-hybridized carbons (Fsp3) is 0.462. The Hall–Kier alpha value is -1.24. The maximum absolute atomic E-state index is 11.4. The molecule has 1 heterocycles. The van der Waals surface area contributed by atoms with Crippen LogP contribution in [-0.2, 0) is 19.5 Å². The molecule has 2 rings (SSSR count). The number of carbonyl (C=O) groups is 1. The molecular formula is C13H17NO4S+. The Morgan fingerprint density at radius 1 is 1.37 bits per heavy atom. The van der Waals surface area contributed by atoms with Crippen molar-refractivity contribution in [2.75, 3.05) is 12.9 Å². The second-order valence-electron chi connectivity index (χ2n) is 4.82. The van der Waals surface area contributed by atoms with E-state index in [0.717, 1.165) is 16.9 Å². The number of carbonyl (C=O) groups excluding carboxylic acids is 1. The van der Waals surface area contributed by atoms with Crippen LogP contribution in [0.5, 0.6) is 0 Å². The summed E-state index contributed by atoms with van der Waals surface area (Å²) in [5, 5.41) is 0.150. The third-order valence-corrected chi connectivity index (χ3v) is 4.53. The largest absolute Gasteiger partial charge is 0.406 e. The van der Waals surface area contributed by atoms with Crippen LogP contribution >= 0.6 is 0 Å². The SMILES string of the molecule is CC(CO[N+]1C(=O)CC1S(C)(=O)=O)c1ccccc1. The first-order valence-corrected chi connectivity index (χ1v) is 8.04. The van der Waals surface area contributed by atoms with Crippen molar-refractivity contribution in [2.45, 2.75) is 24.6 Å². The molecule has 2 unspecified atom stereocenters. The van der Waals surface area contributed by atoms with Gasteiger partial charge in [-0.2, -0.15) is 0 Å². The molecule has 6 heteroatoms. The fourth-order valence-corrected chi connectivity index (χ4v) is 2.89. The van der Waals surface area contributed by atoms with Gasteiger partial charge in [0.25, 0.3) is 5.37 Å². The van der Waals surface area contributed by atoms with Crippen molar-refractivity contribution in [3.05, 3.63) is 35.9 Å². The minimum atomic E-state index is -3.28. The summed E-state index contributed by atoms with van der Waals surface area (Å²) < 4.78 is 22.8. The molecule has 0 aromatic heterocycles. The molecule has 1 aliphatic heterocycles. The fourth-order valence-electron chi connectivity index (χ4n) is 1.92. The van der Waals surface area contributed by atoms with Gasteiger partial charge in [-0.05, 0) is 5.56 Å². The van der Waals surface area contributed by atoms with Gasteiger partial charge in [0, 0.05) is 12.2 Å². The molecule has 1 amide bonds. The Kier molecular flexibility index (Phi) is 4.03. The molecule has 1 aliphatic rings. The van der Waals surface area contributed by atoms with Crippen LogP contribution in [-0.4, -0.2) is 32.6 Å². The second-order valence-corrected chi connectivity index (χ2v) is 7.02. The van der Waals surface area contributed by atoms with Crippen molar-refractivity contribution in [1.29, 1.82) is 0 Å². The molecule has 0 bridgehead atoms. The van der Waals surface area contributed by atoms with Crippen LogP contribution in [0.3, 0.4) is 0 Å². The number of rotatable bonds is 5. The van der Waals surface area contributed by atoms with Crippen LogP contribution < -0.4 is 5.06 Å². The highest BCUT2D eigenvalue weighted by Gasteiger charge is 2.58. The number of β-lactam (4-membered cyclic amide) rings is 1. The molecule has 1 saturated heterocycles. The van der Waals surface area contributed by atoms with Crippen molar-refractivity contribution >= 4 is 15.7 Å². The number of benzene rings is 1. The van der Waals surface area contributed by atoms with E-state index in [2.05, 4.69) is 0 Å². The Bertz CT molecular complexity index is 555. The van der Waals surface area contributed by atoms with Crippen molar-refractivity contribution in [2.24, 2.45) is 0 Å². The third kappa shape index (κ3) is 3.20. The molecule has 0 aliphatic carbocycles. The normalized spacial score (nSPS) is 22.0. The van der Waals surface area contributed by atoms with Crippen LogP contribution in [0.2, 0.25) is 0 Å². The predicted molar refractivity (Wildman–Crippen MR) is 71.2 cm³/mol. The van der Waals surface area contributed by atoms with Gasteiger partial charge >= 0.3 is 5.91 Å². The molecule has 0 N–H and O–H groups in total. The zero-order valence-corrected chi connectivity index (χ0v) is 11.8. The van der Waals surface area contributed by atoms with Gasteiger partial charge in [0.15, 0.2) is 0 Å². The summed E-state index contributed by atoms with van der Waals surface area (Å²) in [7, 11) is -3.28. The van der Waals surface area contributed by atoms with E-state index in [1.54, 1.807) is 0 Å². The zero-order chi connectivity index (χ0) is 14.0. The molecule has 1 fully saturated rings. The topological polar surface area (TPSA) is 66.3 Å². The molecule has 19 heavy (non-hydrogen) atoms. The summed E-state index contributed by atoms with van der Waals surface area (Å²) in [4.78, 5) is 16.7. The average Bonchev–Trinajstić information content (AvgIpc) is 2.35. The molecule has 0 saturated carbocycles. The lowest BCUT2D eigenvalue weighted by Crippen LogP contribution is -2.60. The van der Waals surface area contributed by atoms with Gasteiger partial charge < -0.3 is 0 Å². The minimum Gasteiger partial charge on any atom is -0.223 e. The first kappa shape index (κ1) is 14.2. The first-order valence-electron chi connectivity index (χ1n) is 6.08. The third-order valence-electron chi connectivity index (χ3n) is 3.18. The van der Waals surface area contributed by atoms with E-state index < -0.39 is 15.2 Å². The highest BCUT2D eigenvalue weighted by atomic mass is 32.2. The minimum absolute atomic E-state index is 0.0125. The maximum Gasteiger partial charge on any atom is 0.406 e. The van der Waals surface area contributed by atoms with Crippen molar-refractivity contribution in [1.82, 2.24) is 5.06 Å². The summed E-state index contributed by atoms with van der Waals surface area (Å²) in [5.41, 5.74) is 1.09. The predicted octanol–water partition coefficient (Wildman–Crippen LogP) is 1.16. The molecular weight excluding hydrogens is 266 g/mol. The highest BCUT2D eigenvalue weighted by Crippen LogP contribution is 2.23. The summed E-state index contributed by atoms with van der Waals surface area (Å²) in [5.74, 6) is -0.189. The lowest BCUT2D eigenvalue weighted by Gasteiger charge is -2.23. The monoisotopic (exact) mass is 283 g/mol. The van der Waals surface area contributed by atoms with Gasteiger partial charge in [-0.25, -0.2) is 13.2 Å². The van der Waals surface area contributed by atoms with E-state index in [1.807, 2.05) is 37.3 Å². The molecule has 2 atom stereocenters. The van der Waals surface area contributed by atoms with Crippen LogP contribution in [0.25, 0.3) is 0 Å². The smallest absolute Gasteiger partial charge is 0.223 e. The quantitative estimate of drug-likeness (QED) is 0.601. The van der Waals surface area contributed by atoms with Crippen LogP contribution in [0.15, 0.2) is 30.3 Å². The van der Waals surface area contributed by atoms with Gasteiger partial charge in [-0.1, -0.05) is 37.3 Å². The molecule has 103 valence electrons. The average molecular weight is 283 g/mol. The lowest BCUT2D eigenvalue weighted by atomic mass is 10.0. The van der Waals surface area contributed by atoms with E-state index in [4.69, 9.17) is 4.84 Å². The number of sulfone groups is 1. The van der Waals surface area contributed by atoms with E-state index in [-0.39, 0.29) is 24.9 Å². The van der Waals surface area contributed by atoms with E-state index >= 15 is 0 Å². The molecule has 1 radical (unpaired) electrons. The summed E-state index contributed by atoms with van der Waals surface area (Å²) >= 11 is 0. The van der Waals surface area contributed by atoms with E-state index in [0.29, 0.717) is 0 Å². The van der Waals surface area contributed by atoms with E-state index in [1.165, 1.54) is 0 Å². The lowest BCUT2D eigenvalue weighted by molar-refractivity contribution is -0.174. The number of hydrogen-bond donors (Lipinski definition) is 0. The van der Waals surface area contributed by atoms with Gasteiger partial charge in [-0.3, -0.25) is 0 Å². The van der Waals surface area contributed by atoms with Crippen LogP contribution in [0.4, 0.5) is 0 Å². The van der Waals surface area contributed by atoms with Crippen molar-refractivity contribution in [3.63, 3.8) is 0 Å². The maximum atomic E-state index is 11.4. The Morgan fingerprint density at radius 3 is 2.53 bits per heavy atom. The van der Waals surface area contributed by atoms with Crippen LogP contribution in [0.1, 0.15) is 24.8 Å². The van der Waals surface area contributed by atoms with Gasteiger partial charge in [0.1, 0.15) is 13.0 Å². The summed E-state index contributed by atoms with van der Waals surface area (Å²) in [6.45, 7) is 2.25. The number of amides is 1. The number of hydroxylamine groups is 2. The Labute approximate surface area is 113 Å². The van der Waals surface area contributed by atoms with Gasteiger partial charge in [0.05, 0.1) is 5.06 Å². The summed E-state index contributed by atoms with van der Waals surface area (Å²) in [6.07, 6.45) is 1.12. The molecule has 1 aromatic rings. The van der Waals surface area contributed by atoms with E-state index in [9.17, 15) is 13.2 Å². The van der Waals surface area contributed by atoms with Crippen molar-refractivity contribution in [3.8, 4) is 0 Å². The summed E-state index contributed by atoms with van der Waals surface area (Å²) in [6, 6.07) is 9.73. The highest BCUT2D eigenvalue weighted by molar-refractivity contribution is 7.91. The number of hydrogen-bond acceptors (Lipinski definition) is 4. The van der Waals surface area contributed by atoms with Gasteiger partial charge in [0.2, 0.25) is 9.84 Å². The molecule has 1 aromatic carbocycles. The molecule has 5 nitrogen and oxygen atoms in total. The van der Waals surface area contributed by atoms with Crippen molar-refractivity contribution < 1.29 is 18.0 Å². The van der Waals surface area contributed by atoms with Gasteiger partial charge in [-0.15, -0.1) is 4.84 Å². The molecule has 0 spiro atoms. The standard InChI is InChI=1S/C13H17NO4S/c1-10(11-6-4-3-5-7-11)9-18-14-12(15)8-13(14)19(2,16)17/h3-7,10,13H,8-9H2,1-2H3/q+1. The number of nitrogens with zero attached hydrogens (tertiary/aromatic N) is 1. The Morgan fingerprint density at radius 2 is 2.00 bits per heavy atom. The first-order chi connectivity index (χ1) is 8.89. The second kappa shape index (κ2) is 5.40. The van der Waals surface area contributed by atoms with Crippen LogP contribution in [0, 0.1) is 0 Å². The Balaban J connectivity index is 1.94.